The zero-order chi connectivity index (χ0) is 13.7. The summed E-state index contributed by atoms with van der Waals surface area (Å²) in [7, 11) is 4.15. The molecule has 1 aromatic rings. The van der Waals surface area contributed by atoms with Crippen molar-refractivity contribution in [2.24, 2.45) is 0 Å². The van der Waals surface area contributed by atoms with E-state index >= 15 is 0 Å². The standard InChI is InChI=1S/C14H25N5/c1-12-16-13(15-7-10-18(2)3)11-14(17-12)19-8-5-4-6-9-19/h11H,4-10H2,1-3H3,(H,15,16,17). The van der Waals surface area contributed by atoms with Gasteiger partial charge in [-0.15, -0.1) is 0 Å². The average molecular weight is 263 g/mol. The van der Waals surface area contributed by atoms with Crippen molar-refractivity contribution in [1.29, 1.82) is 0 Å². The molecule has 1 N–H and O–H groups in total. The topological polar surface area (TPSA) is 44.3 Å². The van der Waals surface area contributed by atoms with E-state index in [1.54, 1.807) is 0 Å². The van der Waals surface area contributed by atoms with Crippen molar-refractivity contribution in [2.75, 3.05) is 50.5 Å². The summed E-state index contributed by atoms with van der Waals surface area (Å²) in [6, 6.07) is 2.08. The molecular weight excluding hydrogens is 238 g/mol. The van der Waals surface area contributed by atoms with Crippen molar-refractivity contribution in [3.05, 3.63) is 11.9 Å². The average Bonchev–Trinajstić information content (AvgIpc) is 2.39. The van der Waals surface area contributed by atoms with Crippen molar-refractivity contribution in [3.63, 3.8) is 0 Å². The van der Waals surface area contributed by atoms with E-state index in [1.807, 2.05) is 6.92 Å². The van der Waals surface area contributed by atoms with Crippen LogP contribution < -0.4 is 10.2 Å². The number of nitrogens with one attached hydrogen (secondary N) is 1. The second-order valence-electron chi connectivity index (χ2n) is 5.44. The van der Waals surface area contributed by atoms with Crippen molar-refractivity contribution in [2.45, 2.75) is 26.2 Å². The molecule has 0 saturated carbocycles. The Labute approximate surface area is 116 Å². The maximum absolute atomic E-state index is 4.57. The molecule has 1 saturated heterocycles. The summed E-state index contributed by atoms with van der Waals surface area (Å²) in [5.74, 6) is 2.85. The molecule has 0 aliphatic carbocycles. The first-order valence-electron chi connectivity index (χ1n) is 7.14. The van der Waals surface area contributed by atoms with Gasteiger partial charge in [-0.2, -0.15) is 0 Å². The van der Waals surface area contributed by atoms with Gasteiger partial charge < -0.3 is 15.1 Å². The molecule has 1 aromatic heterocycles. The van der Waals surface area contributed by atoms with E-state index in [1.165, 1.54) is 19.3 Å². The third-order valence-electron chi connectivity index (χ3n) is 3.37. The maximum atomic E-state index is 4.57. The van der Waals surface area contributed by atoms with E-state index < -0.39 is 0 Å². The lowest BCUT2D eigenvalue weighted by Gasteiger charge is -2.28. The smallest absolute Gasteiger partial charge is 0.134 e. The zero-order valence-corrected chi connectivity index (χ0v) is 12.3. The molecule has 106 valence electrons. The van der Waals surface area contributed by atoms with Crippen LogP contribution in [0.15, 0.2) is 6.07 Å². The number of aryl methyl sites for hydroxylation is 1. The molecule has 0 amide bonds. The van der Waals surface area contributed by atoms with Crippen LogP contribution in [0, 0.1) is 6.92 Å². The van der Waals surface area contributed by atoms with E-state index in [2.05, 4.69) is 45.2 Å². The summed E-state index contributed by atoms with van der Waals surface area (Å²) in [4.78, 5) is 13.6. The van der Waals surface area contributed by atoms with Crippen LogP contribution >= 0.6 is 0 Å². The predicted octanol–water partition coefficient (Wildman–Crippen LogP) is 1.75. The van der Waals surface area contributed by atoms with Crippen molar-refractivity contribution in [1.82, 2.24) is 14.9 Å². The molecule has 0 spiro atoms. The summed E-state index contributed by atoms with van der Waals surface area (Å²) in [6.45, 7) is 6.11. The Morgan fingerprint density at radius 1 is 1.21 bits per heavy atom. The van der Waals surface area contributed by atoms with Gasteiger partial charge in [-0.05, 0) is 40.3 Å². The Bertz CT molecular complexity index is 399. The minimum atomic E-state index is 0.843. The van der Waals surface area contributed by atoms with Crippen LogP contribution in [-0.4, -0.2) is 55.1 Å². The summed E-state index contributed by atoms with van der Waals surface area (Å²) in [5, 5.41) is 3.38. The molecule has 0 aromatic carbocycles. The van der Waals surface area contributed by atoms with Gasteiger partial charge in [0, 0.05) is 32.2 Å². The number of rotatable bonds is 5. The monoisotopic (exact) mass is 263 g/mol. The third-order valence-corrected chi connectivity index (χ3v) is 3.37. The molecule has 5 heteroatoms. The highest BCUT2D eigenvalue weighted by Gasteiger charge is 2.13. The van der Waals surface area contributed by atoms with Gasteiger partial charge in [-0.25, -0.2) is 9.97 Å². The van der Waals surface area contributed by atoms with Crippen LogP contribution in [0.5, 0.6) is 0 Å². The first-order valence-corrected chi connectivity index (χ1v) is 7.14. The minimum absolute atomic E-state index is 0.843. The maximum Gasteiger partial charge on any atom is 0.134 e. The van der Waals surface area contributed by atoms with Crippen LogP contribution in [0.2, 0.25) is 0 Å². The fourth-order valence-electron chi connectivity index (χ4n) is 2.34. The number of hydrogen-bond donors (Lipinski definition) is 1. The first-order chi connectivity index (χ1) is 9.15. The highest BCUT2D eigenvalue weighted by Crippen LogP contribution is 2.20. The number of aromatic nitrogens is 2. The Balaban J connectivity index is 2.01. The van der Waals surface area contributed by atoms with E-state index in [9.17, 15) is 0 Å². The largest absolute Gasteiger partial charge is 0.369 e. The molecule has 19 heavy (non-hydrogen) atoms. The summed E-state index contributed by atoms with van der Waals surface area (Å²) in [5.41, 5.74) is 0. The molecule has 1 aliphatic rings. The summed E-state index contributed by atoms with van der Waals surface area (Å²) in [6.07, 6.45) is 3.88. The van der Waals surface area contributed by atoms with Crippen molar-refractivity contribution >= 4 is 11.6 Å². The lowest BCUT2D eigenvalue weighted by atomic mass is 10.1. The Morgan fingerprint density at radius 2 is 1.95 bits per heavy atom. The molecule has 0 bridgehead atoms. The fraction of sp³-hybridized carbons (Fsp3) is 0.714. The predicted molar refractivity (Wildman–Crippen MR) is 79.9 cm³/mol. The highest BCUT2D eigenvalue weighted by atomic mass is 15.2. The van der Waals surface area contributed by atoms with Gasteiger partial charge in [-0.1, -0.05) is 0 Å². The highest BCUT2D eigenvalue weighted by molar-refractivity contribution is 5.49. The van der Waals surface area contributed by atoms with E-state index in [-0.39, 0.29) is 0 Å². The normalized spacial score (nSPS) is 15.9. The fourth-order valence-corrected chi connectivity index (χ4v) is 2.34. The molecule has 5 nitrogen and oxygen atoms in total. The molecule has 2 rings (SSSR count). The molecule has 0 atom stereocenters. The van der Waals surface area contributed by atoms with E-state index in [4.69, 9.17) is 0 Å². The molecule has 0 unspecified atom stereocenters. The molecule has 2 heterocycles. The SMILES string of the molecule is Cc1nc(NCCN(C)C)cc(N2CCCCC2)n1. The van der Waals surface area contributed by atoms with Crippen molar-refractivity contribution in [3.8, 4) is 0 Å². The van der Waals surface area contributed by atoms with Gasteiger partial charge in [0.05, 0.1) is 0 Å². The number of nitrogens with zero attached hydrogens (tertiary/aromatic N) is 4. The van der Waals surface area contributed by atoms with Gasteiger partial charge in [0.1, 0.15) is 17.5 Å². The van der Waals surface area contributed by atoms with Crippen molar-refractivity contribution < 1.29 is 0 Å². The molecule has 0 radical (unpaired) electrons. The second-order valence-corrected chi connectivity index (χ2v) is 5.44. The quantitative estimate of drug-likeness (QED) is 0.877. The lowest BCUT2D eigenvalue weighted by Crippen LogP contribution is -2.30. The Kier molecular flexibility index (Phi) is 4.96. The van der Waals surface area contributed by atoms with Gasteiger partial charge in [-0.3, -0.25) is 0 Å². The number of hydrogen-bond acceptors (Lipinski definition) is 5. The van der Waals surface area contributed by atoms with Gasteiger partial charge >= 0.3 is 0 Å². The van der Waals surface area contributed by atoms with E-state index in [0.717, 1.165) is 43.6 Å². The second kappa shape index (κ2) is 6.70. The van der Waals surface area contributed by atoms with Crippen LogP contribution in [0.3, 0.4) is 0 Å². The van der Waals surface area contributed by atoms with E-state index in [0.29, 0.717) is 0 Å². The number of anilines is 2. The Hall–Kier alpha value is -1.36. The van der Waals surface area contributed by atoms with Gasteiger partial charge in [0.2, 0.25) is 0 Å². The lowest BCUT2D eigenvalue weighted by molar-refractivity contribution is 0.425. The summed E-state index contributed by atoms with van der Waals surface area (Å²) < 4.78 is 0. The Morgan fingerprint density at radius 3 is 2.63 bits per heavy atom. The first kappa shape index (κ1) is 14.1. The van der Waals surface area contributed by atoms with Crippen LogP contribution in [0.1, 0.15) is 25.1 Å². The number of piperidine rings is 1. The zero-order valence-electron chi connectivity index (χ0n) is 12.3. The van der Waals surface area contributed by atoms with Crippen LogP contribution in [0.25, 0.3) is 0 Å². The molecule has 1 fully saturated rings. The minimum Gasteiger partial charge on any atom is -0.369 e. The van der Waals surface area contributed by atoms with Gasteiger partial charge in [0.25, 0.3) is 0 Å². The molecular formula is C14H25N5. The van der Waals surface area contributed by atoms with Crippen LogP contribution in [-0.2, 0) is 0 Å². The summed E-state index contributed by atoms with van der Waals surface area (Å²) >= 11 is 0. The van der Waals surface area contributed by atoms with Crippen LogP contribution in [0.4, 0.5) is 11.6 Å². The van der Waals surface area contributed by atoms with Gasteiger partial charge in [0.15, 0.2) is 0 Å². The third kappa shape index (κ3) is 4.35. The molecule has 1 aliphatic heterocycles. The number of likely N-dealkylation sites (N-methyl/N-ethyl adjacent to an activating group) is 1.